The van der Waals surface area contributed by atoms with Crippen molar-refractivity contribution in [2.24, 2.45) is 5.92 Å². The van der Waals surface area contributed by atoms with Gasteiger partial charge in [0.2, 0.25) is 0 Å². The number of halogens is 1. The van der Waals surface area contributed by atoms with Crippen molar-refractivity contribution in [2.45, 2.75) is 18.9 Å². The summed E-state index contributed by atoms with van der Waals surface area (Å²) in [6.07, 6.45) is 1.83. The maximum Gasteiger partial charge on any atom is 0.256 e. The molecule has 1 N–H and O–H groups in total. The van der Waals surface area contributed by atoms with Gasteiger partial charge in [0.05, 0.1) is 5.56 Å². The molecule has 2 aromatic rings. The summed E-state index contributed by atoms with van der Waals surface area (Å²) in [7, 11) is 0. The lowest BCUT2D eigenvalue weighted by atomic mass is 9.96. The molecule has 0 radical (unpaired) electrons. The molecule has 0 spiro atoms. The molecular weight excluding hydrogens is 359 g/mol. The highest BCUT2D eigenvalue weighted by atomic mass is 19.1. The van der Waals surface area contributed by atoms with Gasteiger partial charge in [-0.2, -0.15) is 0 Å². The van der Waals surface area contributed by atoms with Crippen LogP contribution in [0.5, 0.6) is 11.5 Å². The molecule has 2 aromatic carbocycles. The van der Waals surface area contributed by atoms with E-state index in [0.717, 1.165) is 37.4 Å². The maximum atomic E-state index is 13.8. The molecule has 1 unspecified atom stereocenters. The van der Waals surface area contributed by atoms with Gasteiger partial charge in [0.25, 0.3) is 5.91 Å². The van der Waals surface area contributed by atoms with Gasteiger partial charge in [-0.25, -0.2) is 4.39 Å². The molecule has 28 heavy (non-hydrogen) atoms. The van der Waals surface area contributed by atoms with E-state index in [1.165, 1.54) is 6.07 Å². The third-order valence-corrected chi connectivity index (χ3v) is 5.38. The molecule has 0 bridgehead atoms. The van der Waals surface area contributed by atoms with Gasteiger partial charge >= 0.3 is 0 Å². The normalized spacial score (nSPS) is 19.5. The van der Waals surface area contributed by atoms with E-state index in [9.17, 15) is 9.18 Å². The van der Waals surface area contributed by atoms with Crippen LogP contribution in [0.3, 0.4) is 0 Å². The average Bonchev–Trinajstić information content (AvgIpc) is 2.74. The molecule has 2 aliphatic heterocycles. The van der Waals surface area contributed by atoms with Crippen molar-refractivity contribution in [3.8, 4) is 11.5 Å². The van der Waals surface area contributed by atoms with Crippen LogP contribution in [0, 0.1) is 11.7 Å². The van der Waals surface area contributed by atoms with E-state index < -0.39 is 5.82 Å². The molecule has 6 heteroatoms. The van der Waals surface area contributed by atoms with Crippen molar-refractivity contribution in [1.29, 1.82) is 0 Å². The van der Waals surface area contributed by atoms with E-state index in [4.69, 9.17) is 9.47 Å². The third-order valence-electron chi connectivity index (χ3n) is 5.38. The van der Waals surface area contributed by atoms with Crippen LogP contribution in [0.2, 0.25) is 0 Å². The number of carbonyl (C=O) groups excluding carboxylic acids is 1. The number of para-hydroxylation sites is 2. The molecule has 1 amide bonds. The molecule has 1 saturated heterocycles. The Morgan fingerprint density at radius 3 is 2.54 bits per heavy atom. The Bertz CT molecular complexity index is 821. The topological polar surface area (TPSA) is 50.8 Å². The second kappa shape index (κ2) is 8.61. The fourth-order valence-electron chi connectivity index (χ4n) is 3.76. The number of hydrogen-bond donors (Lipinski definition) is 1. The van der Waals surface area contributed by atoms with Crippen LogP contribution in [0.1, 0.15) is 23.2 Å². The summed E-state index contributed by atoms with van der Waals surface area (Å²) in [5.41, 5.74) is 0.161. The van der Waals surface area contributed by atoms with Gasteiger partial charge in [0, 0.05) is 19.6 Å². The molecule has 148 valence electrons. The lowest BCUT2D eigenvalue weighted by molar-refractivity contribution is 0.0677. The van der Waals surface area contributed by atoms with E-state index in [1.54, 1.807) is 23.1 Å². The molecule has 0 aliphatic carbocycles. The first-order chi connectivity index (χ1) is 13.7. The molecular formula is C22H25FN2O3. The van der Waals surface area contributed by atoms with Crippen molar-refractivity contribution in [2.75, 3.05) is 32.8 Å². The first kappa shape index (κ1) is 18.7. The highest BCUT2D eigenvalue weighted by Crippen LogP contribution is 2.30. The van der Waals surface area contributed by atoms with E-state index in [-0.39, 0.29) is 17.6 Å². The lowest BCUT2D eigenvalue weighted by Crippen LogP contribution is -2.43. The monoisotopic (exact) mass is 384 g/mol. The van der Waals surface area contributed by atoms with Crippen molar-refractivity contribution in [3.63, 3.8) is 0 Å². The van der Waals surface area contributed by atoms with Gasteiger partial charge < -0.3 is 19.7 Å². The van der Waals surface area contributed by atoms with Crippen LogP contribution >= 0.6 is 0 Å². The van der Waals surface area contributed by atoms with E-state index in [0.29, 0.717) is 25.6 Å². The number of likely N-dealkylation sites (tertiary alicyclic amines) is 1. The fourth-order valence-corrected chi connectivity index (χ4v) is 3.76. The molecule has 5 nitrogen and oxygen atoms in total. The Balaban J connectivity index is 1.19. The highest BCUT2D eigenvalue weighted by molar-refractivity contribution is 5.94. The lowest BCUT2D eigenvalue weighted by Gasteiger charge is -2.33. The summed E-state index contributed by atoms with van der Waals surface area (Å²) >= 11 is 0. The minimum absolute atomic E-state index is 0.00220. The number of hydrogen-bond acceptors (Lipinski definition) is 4. The molecule has 1 atom stereocenters. The standard InChI is InChI=1S/C22H25FN2O3/c23-19-6-2-1-5-18(19)22(26)25-11-9-16(10-12-25)13-24-14-17-15-27-20-7-3-4-8-21(20)28-17/h1-8,16-17,24H,9-15H2. The van der Waals surface area contributed by atoms with Crippen molar-refractivity contribution in [3.05, 3.63) is 59.9 Å². The van der Waals surface area contributed by atoms with E-state index in [2.05, 4.69) is 5.32 Å². The Hall–Kier alpha value is -2.60. The Kier molecular flexibility index (Phi) is 5.76. The van der Waals surface area contributed by atoms with Crippen LogP contribution in [0.15, 0.2) is 48.5 Å². The van der Waals surface area contributed by atoms with Gasteiger partial charge in [-0.1, -0.05) is 24.3 Å². The zero-order valence-corrected chi connectivity index (χ0v) is 15.8. The predicted molar refractivity (Wildman–Crippen MR) is 104 cm³/mol. The minimum Gasteiger partial charge on any atom is -0.486 e. The second-order valence-corrected chi connectivity index (χ2v) is 7.37. The molecule has 0 aromatic heterocycles. The van der Waals surface area contributed by atoms with Gasteiger partial charge in [-0.3, -0.25) is 4.79 Å². The number of benzene rings is 2. The summed E-state index contributed by atoms with van der Waals surface area (Å²) in [5.74, 6) is 1.43. The minimum atomic E-state index is -0.451. The fraction of sp³-hybridized carbons (Fsp3) is 0.409. The molecule has 2 heterocycles. The van der Waals surface area contributed by atoms with Crippen molar-refractivity contribution >= 4 is 5.91 Å². The summed E-state index contributed by atoms with van der Waals surface area (Å²) in [4.78, 5) is 14.2. The Morgan fingerprint density at radius 1 is 1.04 bits per heavy atom. The van der Waals surface area contributed by atoms with Gasteiger partial charge in [-0.05, 0) is 49.6 Å². The number of fused-ring (bicyclic) bond motifs is 1. The molecule has 1 fully saturated rings. The number of rotatable bonds is 5. The van der Waals surface area contributed by atoms with Crippen molar-refractivity contribution < 1.29 is 18.7 Å². The predicted octanol–water partition coefficient (Wildman–Crippen LogP) is 3.11. The Labute approximate surface area is 164 Å². The summed E-state index contributed by atoms with van der Waals surface area (Å²) in [5, 5.41) is 3.47. The smallest absolute Gasteiger partial charge is 0.256 e. The van der Waals surface area contributed by atoms with Gasteiger partial charge in [0.15, 0.2) is 11.5 Å². The van der Waals surface area contributed by atoms with Crippen LogP contribution in [-0.2, 0) is 0 Å². The first-order valence-corrected chi connectivity index (χ1v) is 9.83. The number of nitrogens with zero attached hydrogens (tertiary/aromatic N) is 1. The van der Waals surface area contributed by atoms with E-state index in [1.807, 2.05) is 24.3 Å². The van der Waals surface area contributed by atoms with Crippen LogP contribution in [0.25, 0.3) is 0 Å². The number of nitrogens with one attached hydrogen (secondary N) is 1. The Morgan fingerprint density at radius 2 is 1.75 bits per heavy atom. The summed E-state index contributed by atoms with van der Waals surface area (Å²) in [6.45, 7) is 3.47. The van der Waals surface area contributed by atoms with Crippen LogP contribution in [0.4, 0.5) is 4.39 Å². The summed E-state index contributed by atoms with van der Waals surface area (Å²) < 4.78 is 25.5. The SMILES string of the molecule is O=C(c1ccccc1F)N1CCC(CNCC2COc3ccccc3O2)CC1. The van der Waals surface area contributed by atoms with Crippen LogP contribution < -0.4 is 14.8 Å². The maximum absolute atomic E-state index is 13.8. The zero-order chi connectivity index (χ0) is 19.3. The second-order valence-electron chi connectivity index (χ2n) is 7.37. The number of piperidine rings is 1. The van der Waals surface area contributed by atoms with Gasteiger partial charge in [0.1, 0.15) is 18.5 Å². The largest absolute Gasteiger partial charge is 0.486 e. The number of carbonyl (C=O) groups is 1. The summed E-state index contributed by atoms with van der Waals surface area (Å²) in [6, 6.07) is 13.9. The zero-order valence-electron chi connectivity index (χ0n) is 15.8. The molecule has 0 saturated carbocycles. The van der Waals surface area contributed by atoms with Crippen molar-refractivity contribution in [1.82, 2.24) is 10.2 Å². The van der Waals surface area contributed by atoms with Gasteiger partial charge in [-0.15, -0.1) is 0 Å². The van der Waals surface area contributed by atoms with E-state index >= 15 is 0 Å². The molecule has 4 rings (SSSR count). The molecule has 2 aliphatic rings. The number of ether oxygens (including phenoxy) is 2. The average molecular weight is 384 g/mol. The first-order valence-electron chi connectivity index (χ1n) is 9.83. The quantitative estimate of drug-likeness (QED) is 0.861. The van der Waals surface area contributed by atoms with Crippen LogP contribution in [-0.4, -0.2) is 49.7 Å². The highest BCUT2D eigenvalue weighted by Gasteiger charge is 2.26. The number of amides is 1. The third kappa shape index (κ3) is 4.28.